The zero-order valence-corrected chi connectivity index (χ0v) is 12.3. The van der Waals surface area contributed by atoms with Gasteiger partial charge in [-0.3, -0.25) is 10.1 Å². The first kappa shape index (κ1) is 14.6. The van der Waals surface area contributed by atoms with E-state index in [0.29, 0.717) is 6.04 Å². The molecule has 0 saturated heterocycles. The van der Waals surface area contributed by atoms with Crippen LogP contribution in [-0.4, -0.2) is 25.1 Å². The van der Waals surface area contributed by atoms with Gasteiger partial charge in [0.25, 0.3) is 5.69 Å². The van der Waals surface area contributed by atoms with E-state index >= 15 is 0 Å². The van der Waals surface area contributed by atoms with Crippen molar-refractivity contribution < 1.29 is 4.92 Å². The van der Waals surface area contributed by atoms with Gasteiger partial charge in [-0.25, -0.2) is 0 Å². The van der Waals surface area contributed by atoms with E-state index in [1.165, 1.54) is 38.5 Å². The third kappa shape index (κ3) is 3.40. The summed E-state index contributed by atoms with van der Waals surface area (Å²) in [6, 6.07) is 5.72. The molecule has 1 aliphatic carbocycles. The largest absolute Gasteiger partial charge is 0.388 e. The molecule has 110 valence electrons. The highest BCUT2D eigenvalue weighted by Gasteiger charge is 2.19. The lowest BCUT2D eigenvalue weighted by Gasteiger charge is -2.29. The van der Waals surface area contributed by atoms with Crippen molar-refractivity contribution in [2.24, 2.45) is 0 Å². The molecule has 1 aromatic rings. The van der Waals surface area contributed by atoms with Crippen LogP contribution in [0.3, 0.4) is 0 Å². The average molecular weight is 277 g/mol. The molecule has 1 aromatic carbocycles. The second-order valence-corrected chi connectivity index (χ2v) is 5.50. The lowest BCUT2D eigenvalue weighted by Crippen LogP contribution is -2.31. The van der Waals surface area contributed by atoms with E-state index in [1.807, 2.05) is 6.07 Å². The highest BCUT2D eigenvalue weighted by molar-refractivity contribution is 5.64. The van der Waals surface area contributed by atoms with Crippen LogP contribution in [-0.2, 0) is 0 Å². The summed E-state index contributed by atoms with van der Waals surface area (Å²) in [4.78, 5) is 12.9. The highest BCUT2D eigenvalue weighted by atomic mass is 16.6. The maximum absolute atomic E-state index is 11.0. The Morgan fingerprint density at radius 3 is 2.40 bits per heavy atom. The Morgan fingerprint density at radius 2 is 1.85 bits per heavy atom. The molecule has 5 heteroatoms. The molecule has 0 aliphatic heterocycles. The number of nitro groups is 1. The second kappa shape index (κ2) is 6.59. The molecular weight excluding hydrogens is 254 g/mol. The average Bonchev–Trinajstić information content (AvgIpc) is 2.74. The molecule has 0 aromatic heterocycles. The molecule has 0 atom stereocenters. The number of non-ortho nitro benzene ring substituents is 1. The highest BCUT2D eigenvalue weighted by Crippen LogP contribution is 2.30. The maximum Gasteiger partial charge on any atom is 0.273 e. The summed E-state index contributed by atoms with van der Waals surface area (Å²) in [6.45, 7) is 0. The normalized spacial score (nSPS) is 16.5. The number of hydrogen-bond acceptors (Lipinski definition) is 4. The van der Waals surface area contributed by atoms with Crippen LogP contribution >= 0.6 is 0 Å². The van der Waals surface area contributed by atoms with Crippen LogP contribution in [0.15, 0.2) is 18.2 Å². The first-order valence-electron chi connectivity index (χ1n) is 7.32. The molecule has 0 unspecified atom stereocenters. The fourth-order valence-corrected chi connectivity index (χ4v) is 2.90. The number of nitrogens with one attached hydrogen (secondary N) is 1. The van der Waals surface area contributed by atoms with Gasteiger partial charge in [-0.05, 0) is 18.9 Å². The first-order chi connectivity index (χ1) is 9.61. The second-order valence-electron chi connectivity index (χ2n) is 5.50. The molecule has 1 aliphatic rings. The third-order valence-electron chi connectivity index (χ3n) is 4.18. The zero-order chi connectivity index (χ0) is 14.5. The summed E-state index contributed by atoms with van der Waals surface area (Å²) in [5.41, 5.74) is 1.86. The van der Waals surface area contributed by atoms with E-state index in [4.69, 9.17) is 0 Å². The van der Waals surface area contributed by atoms with Gasteiger partial charge in [-0.2, -0.15) is 0 Å². The van der Waals surface area contributed by atoms with E-state index in [1.54, 1.807) is 19.2 Å². The molecule has 0 bridgehead atoms. The SMILES string of the molecule is CNc1cc(N(C)C2CCCCCC2)cc([N+](=O)[O-])c1. The monoisotopic (exact) mass is 277 g/mol. The van der Waals surface area contributed by atoms with Crippen LogP contribution < -0.4 is 10.2 Å². The van der Waals surface area contributed by atoms with Crippen molar-refractivity contribution in [3.8, 4) is 0 Å². The Balaban J connectivity index is 2.25. The van der Waals surface area contributed by atoms with Gasteiger partial charge in [0.15, 0.2) is 0 Å². The van der Waals surface area contributed by atoms with Gasteiger partial charge < -0.3 is 10.2 Å². The standard InChI is InChI=1S/C15H23N3O2/c1-16-12-9-14(11-15(10-12)18(19)20)17(2)13-7-5-3-4-6-8-13/h9-11,13,16H,3-8H2,1-2H3. The summed E-state index contributed by atoms with van der Waals surface area (Å²) >= 11 is 0. The molecule has 0 spiro atoms. The van der Waals surface area contributed by atoms with Crippen molar-refractivity contribution in [2.45, 2.75) is 44.6 Å². The van der Waals surface area contributed by atoms with E-state index < -0.39 is 0 Å². The lowest BCUT2D eigenvalue weighted by atomic mass is 10.1. The van der Waals surface area contributed by atoms with Gasteiger partial charge in [0.1, 0.15) is 0 Å². The number of rotatable bonds is 4. The molecule has 1 fully saturated rings. The Bertz CT molecular complexity index is 468. The minimum atomic E-state index is -0.328. The minimum absolute atomic E-state index is 0.146. The van der Waals surface area contributed by atoms with Crippen molar-refractivity contribution in [2.75, 3.05) is 24.3 Å². The van der Waals surface area contributed by atoms with Crippen LogP contribution in [0.25, 0.3) is 0 Å². The maximum atomic E-state index is 11.0. The lowest BCUT2D eigenvalue weighted by molar-refractivity contribution is -0.384. The Kier molecular flexibility index (Phi) is 4.82. The summed E-state index contributed by atoms with van der Waals surface area (Å²) in [5.74, 6) is 0. The summed E-state index contributed by atoms with van der Waals surface area (Å²) < 4.78 is 0. The number of anilines is 2. The van der Waals surface area contributed by atoms with Crippen LogP contribution in [0.4, 0.5) is 17.1 Å². The van der Waals surface area contributed by atoms with Gasteiger partial charge in [-0.15, -0.1) is 0 Å². The fraction of sp³-hybridized carbons (Fsp3) is 0.600. The Morgan fingerprint density at radius 1 is 1.20 bits per heavy atom. The van der Waals surface area contributed by atoms with Crippen molar-refractivity contribution >= 4 is 17.1 Å². The third-order valence-corrected chi connectivity index (χ3v) is 4.18. The first-order valence-corrected chi connectivity index (χ1v) is 7.32. The fourth-order valence-electron chi connectivity index (χ4n) is 2.90. The van der Waals surface area contributed by atoms with Crippen LogP contribution in [0, 0.1) is 10.1 Å². The molecule has 1 saturated carbocycles. The van der Waals surface area contributed by atoms with Crippen molar-refractivity contribution in [3.05, 3.63) is 28.3 Å². The number of benzene rings is 1. The summed E-state index contributed by atoms with van der Waals surface area (Å²) in [7, 11) is 3.84. The predicted octanol–water partition coefficient (Wildman–Crippen LogP) is 3.80. The predicted molar refractivity (Wildman–Crippen MR) is 82.5 cm³/mol. The van der Waals surface area contributed by atoms with Crippen molar-refractivity contribution in [1.82, 2.24) is 0 Å². The molecule has 5 nitrogen and oxygen atoms in total. The smallest absolute Gasteiger partial charge is 0.273 e. The van der Waals surface area contributed by atoms with Gasteiger partial charge in [0.05, 0.1) is 4.92 Å². The van der Waals surface area contributed by atoms with Gasteiger partial charge in [0, 0.05) is 43.6 Å². The van der Waals surface area contributed by atoms with Crippen molar-refractivity contribution in [1.29, 1.82) is 0 Å². The Hall–Kier alpha value is -1.78. The number of nitrogens with zero attached hydrogens (tertiary/aromatic N) is 2. The molecule has 0 heterocycles. The van der Waals surface area contributed by atoms with Gasteiger partial charge >= 0.3 is 0 Å². The number of nitro benzene ring substituents is 1. The summed E-state index contributed by atoms with van der Waals surface area (Å²) in [6.07, 6.45) is 7.47. The quantitative estimate of drug-likeness (QED) is 0.516. The van der Waals surface area contributed by atoms with E-state index in [9.17, 15) is 10.1 Å². The van der Waals surface area contributed by atoms with Crippen LogP contribution in [0.2, 0.25) is 0 Å². The Labute approximate surface area is 120 Å². The van der Waals surface area contributed by atoms with Gasteiger partial charge in [0.2, 0.25) is 0 Å². The van der Waals surface area contributed by atoms with E-state index in [2.05, 4.69) is 17.3 Å². The van der Waals surface area contributed by atoms with Crippen LogP contribution in [0.1, 0.15) is 38.5 Å². The topological polar surface area (TPSA) is 58.4 Å². The van der Waals surface area contributed by atoms with Crippen molar-refractivity contribution in [3.63, 3.8) is 0 Å². The molecule has 0 amide bonds. The molecule has 1 N–H and O–H groups in total. The van der Waals surface area contributed by atoms with Gasteiger partial charge in [-0.1, -0.05) is 25.7 Å². The molecule has 0 radical (unpaired) electrons. The molecular formula is C15H23N3O2. The molecule has 20 heavy (non-hydrogen) atoms. The van der Waals surface area contributed by atoms with E-state index in [0.717, 1.165) is 11.4 Å². The minimum Gasteiger partial charge on any atom is -0.388 e. The van der Waals surface area contributed by atoms with Crippen LogP contribution in [0.5, 0.6) is 0 Å². The summed E-state index contributed by atoms with van der Waals surface area (Å²) in [5, 5.41) is 14.0. The van der Waals surface area contributed by atoms with E-state index in [-0.39, 0.29) is 10.6 Å². The number of hydrogen-bond donors (Lipinski definition) is 1. The molecule has 2 rings (SSSR count). The zero-order valence-electron chi connectivity index (χ0n) is 12.3.